The number of anilines is 1. The van der Waals surface area contributed by atoms with Gasteiger partial charge in [-0.25, -0.2) is 0 Å². The normalized spacial score (nSPS) is 18.1. The van der Waals surface area contributed by atoms with Crippen LogP contribution < -0.4 is 10.1 Å². The van der Waals surface area contributed by atoms with Gasteiger partial charge in [0.25, 0.3) is 0 Å². The van der Waals surface area contributed by atoms with Crippen LogP contribution in [0.5, 0.6) is 5.75 Å². The molecule has 1 aromatic carbocycles. The fourth-order valence-electron chi connectivity index (χ4n) is 3.03. The molecule has 2 amide bonds. The van der Waals surface area contributed by atoms with Crippen molar-refractivity contribution >= 4 is 23.6 Å². The number of methoxy groups -OCH3 is 1. The van der Waals surface area contributed by atoms with Gasteiger partial charge >= 0.3 is 0 Å². The quantitative estimate of drug-likeness (QED) is 0.703. The first-order chi connectivity index (χ1) is 13.5. The molecule has 2 aromatic rings. The van der Waals surface area contributed by atoms with Crippen LogP contribution in [-0.4, -0.2) is 36.9 Å². The molecular weight excluding hydrogens is 356 g/mol. The zero-order chi connectivity index (χ0) is 20.1. The Bertz CT molecular complexity index is 854. The lowest BCUT2D eigenvalue weighted by Crippen LogP contribution is -2.36. The zero-order valence-corrected chi connectivity index (χ0v) is 16.5. The second-order valence-corrected chi connectivity index (χ2v) is 7.02. The first-order valence-corrected chi connectivity index (χ1v) is 9.50. The number of benzene rings is 1. The standard InChI is InChI=1S/C22H26N2O4/c1-4-24(14-21(25)23-16-5-7-17(27-3)8-6-16)22(26)12-10-18-9-11-20(28-18)19-13-15(19)2/h5-12,15,19H,4,13-14H2,1-3H3,(H,23,25)/b12-10-/t15-,19-/m1/s1. The lowest BCUT2D eigenvalue weighted by Gasteiger charge is -2.18. The number of furan rings is 1. The summed E-state index contributed by atoms with van der Waals surface area (Å²) in [4.78, 5) is 26.2. The molecule has 3 rings (SSSR count). The Morgan fingerprint density at radius 2 is 1.96 bits per heavy atom. The van der Waals surface area contributed by atoms with Gasteiger partial charge in [0.15, 0.2) is 0 Å². The number of nitrogens with zero attached hydrogens (tertiary/aromatic N) is 1. The molecule has 0 unspecified atom stereocenters. The first kappa shape index (κ1) is 19.7. The van der Waals surface area contributed by atoms with E-state index in [2.05, 4.69) is 12.2 Å². The predicted molar refractivity (Wildman–Crippen MR) is 108 cm³/mol. The highest BCUT2D eigenvalue weighted by molar-refractivity contribution is 5.97. The summed E-state index contributed by atoms with van der Waals surface area (Å²) >= 11 is 0. The molecule has 2 atom stereocenters. The minimum Gasteiger partial charge on any atom is -0.497 e. The predicted octanol–water partition coefficient (Wildman–Crippen LogP) is 3.91. The second kappa shape index (κ2) is 8.78. The molecule has 0 spiro atoms. The Morgan fingerprint density at radius 3 is 2.57 bits per heavy atom. The third-order valence-corrected chi connectivity index (χ3v) is 4.91. The van der Waals surface area contributed by atoms with E-state index < -0.39 is 0 Å². The molecule has 0 radical (unpaired) electrons. The molecule has 0 saturated heterocycles. The monoisotopic (exact) mass is 382 g/mol. The number of rotatable bonds is 8. The van der Waals surface area contributed by atoms with Gasteiger partial charge in [0.2, 0.25) is 11.8 Å². The highest BCUT2D eigenvalue weighted by Crippen LogP contribution is 2.47. The number of hydrogen-bond acceptors (Lipinski definition) is 4. The lowest BCUT2D eigenvalue weighted by atomic mass is 10.3. The summed E-state index contributed by atoms with van der Waals surface area (Å²) in [7, 11) is 1.59. The van der Waals surface area contributed by atoms with Crippen LogP contribution in [0.2, 0.25) is 0 Å². The average molecular weight is 382 g/mol. The molecule has 1 aliphatic carbocycles. The van der Waals surface area contributed by atoms with E-state index in [0.29, 0.717) is 35.6 Å². The van der Waals surface area contributed by atoms with Crippen LogP contribution in [0.15, 0.2) is 46.9 Å². The van der Waals surface area contributed by atoms with Crippen LogP contribution in [0.4, 0.5) is 5.69 Å². The zero-order valence-electron chi connectivity index (χ0n) is 16.5. The molecule has 6 heteroatoms. The van der Waals surface area contributed by atoms with Crippen molar-refractivity contribution in [3.8, 4) is 5.75 Å². The van der Waals surface area contributed by atoms with Crippen LogP contribution in [0.3, 0.4) is 0 Å². The molecular formula is C22H26N2O4. The third-order valence-electron chi connectivity index (χ3n) is 4.91. The van der Waals surface area contributed by atoms with E-state index in [1.165, 1.54) is 11.0 Å². The smallest absolute Gasteiger partial charge is 0.247 e. The van der Waals surface area contributed by atoms with Crippen LogP contribution in [-0.2, 0) is 9.59 Å². The summed E-state index contributed by atoms with van der Waals surface area (Å²) in [5.41, 5.74) is 0.655. The lowest BCUT2D eigenvalue weighted by molar-refractivity contribution is -0.130. The number of ether oxygens (including phenoxy) is 1. The Kier molecular flexibility index (Phi) is 6.19. The van der Waals surface area contributed by atoms with Crippen molar-refractivity contribution < 1.29 is 18.7 Å². The Morgan fingerprint density at radius 1 is 1.25 bits per heavy atom. The third kappa shape index (κ3) is 5.03. The maximum Gasteiger partial charge on any atom is 0.247 e. The van der Waals surface area contributed by atoms with Crippen LogP contribution >= 0.6 is 0 Å². The summed E-state index contributed by atoms with van der Waals surface area (Å²) in [6.07, 6.45) is 4.26. The minimum atomic E-state index is -0.253. The van der Waals surface area contributed by atoms with Gasteiger partial charge in [-0.05, 0) is 61.7 Å². The molecule has 1 heterocycles. The maximum absolute atomic E-state index is 12.4. The van der Waals surface area contributed by atoms with Crippen LogP contribution in [0.25, 0.3) is 6.08 Å². The molecule has 1 aliphatic rings. The fourth-order valence-corrected chi connectivity index (χ4v) is 3.03. The Hall–Kier alpha value is -3.02. The fraction of sp³-hybridized carbons (Fsp3) is 0.364. The molecule has 0 bridgehead atoms. The van der Waals surface area contributed by atoms with E-state index in [-0.39, 0.29) is 18.4 Å². The van der Waals surface area contributed by atoms with Gasteiger partial charge in [-0.3, -0.25) is 9.59 Å². The molecule has 1 saturated carbocycles. The number of carbonyl (C=O) groups is 2. The molecule has 0 aliphatic heterocycles. The maximum atomic E-state index is 12.4. The highest BCUT2D eigenvalue weighted by atomic mass is 16.5. The van der Waals surface area contributed by atoms with Gasteiger partial charge in [-0.1, -0.05) is 6.92 Å². The van der Waals surface area contributed by atoms with E-state index in [0.717, 1.165) is 12.2 Å². The second-order valence-electron chi connectivity index (χ2n) is 7.02. The van der Waals surface area contributed by atoms with Crippen molar-refractivity contribution in [2.24, 2.45) is 5.92 Å². The van der Waals surface area contributed by atoms with Gasteiger partial charge < -0.3 is 19.4 Å². The topological polar surface area (TPSA) is 71.8 Å². The summed E-state index contributed by atoms with van der Waals surface area (Å²) in [5.74, 6) is 3.04. The van der Waals surface area contributed by atoms with Crippen LogP contribution in [0, 0.1) is 5.92 Å². The van der Waals surface area contributed by atoms with Crippen molar-refractivity contribution in [1.29, 1.82) is 0 Å². The molecule has 28 heavy (non-hydrogen) atoms. The molecule has 1 aromatic heterocycles. The minimum absolute atomic E-state index is 0.0192. The van der Waals surface area contributed by atoms with Gasteiger partial charge in [-0.15, -0.1) is 0 Å². The van der Waals surface area contributed by atoms with Crippen molar-refractivity contribution in [3.63, 3.8) is 0 Å². The van der Waals surface area contributed by atoms with Crippen LogP contribution in [0.1, 0.15) is 37.7 Å². The largest absolute Gasteiger partial charge is 0.497 e. The van der Waals surface area contributed by atoms with Gasteiger partial charge in [-0.2, -0.15) is 0 Å². The van der Waals surface area contributed by atoms with Gasteiger partial charge in [0, 0.05) is 24.2 Å². The van der Waals surface area contributed by atoms with Crippen molar-refractivity contribution in [1.82, 2.24) is 4.90 Å². The average Bonchev–Trinajstić information content (AvgIpc) is 3.24. The number of likely N-dealkylation sites (N-methyl/N-ethyl adjacent to an activating group) is 1. The summed E-state index contributed by atoms with van der Waals surface area (Å²) in [6, 6.07) is 10.9. The van der Waals surface area contributed by atoms with Gasteiger partial charge in [0.1, 0.15) is 23.8 Å². The molecule has 148 valence electrons. The van der Waals surface area contributed by atoms with Gasteiger partial charge in [0.05, 0.1) is 7.11 Å². The van der Waals surface area contributed by atoms with E-state index in [4.69, 9.17) is 9.15 Å². The van der Waals surface area contributed by atoms with Crippen molar-refractivity contribution in [2.45, 2.75) is 26.2 Å². The van der Waals surface area contributed by atoms with E-state index in [9.17, 15) is 9.59 Å². The number of hydrogen-bond donors (Lipinski definition) is 1. The Balaban J connectivity index is 1.53. The van der Waals surface area contributed by atoms with Crippen molar-refractivity contribution in [3.05, 3.63) is 54.0 Å². The number of amides is 2. The highest BCUT2D eigenvalue weighted by Gasteiger charge is 2.36. The Labute approximate surface area is 165 Å². The van der Waals surface area contributed by atoms with E-state index in [1.807, 2.05) is 19.1 Å². The first-order valence-electron chi connectivity index (χ1n) is 9.50. The van der Waals surface area contributed by atoms with Crippen molar-refractivity contribution in [2.75, 3.05) is 25.5 Å². The van der Waals surface area contributed by atoms with E-state index in [1.54, 1.807) is 37.5 Å². The summed E-state index contributed by atoms with van der Waals surface area (Å²) < 4.78 is 10.9. The molecule has 6 nitrogen and oxygen atoms in total. The number of nitrogens with one attached hydrogen (secondary N) is 1. The summed E-state index contributed by atoms with van der Waals surface area (Å²) in [6.45, 7) is 4.45. The SMILES string of the molecule is CCN(CC(=O)Nc1ccc(OC)cc1)C(=O)/C=C\c1ccc([C@@H]2C[C@H]2C)o1. The molecule has 1 N–H and O–H groups in total. The van der Waals surface area contributed by atoms with E-state index >= 15 is 0 Å². The summed E-state index contributed by atoms with van der Waals surface area (Å²) in [5, 5.41) is 2.78. The number of carbonyl (C=O) groups excluding carboxylic acids is 2. The molecule has 1 fully saturated rings.